The van der Waals surface area contributed by atoms with E-state index in [0.29, 0.717) is 17.9 Å². The predicted molar refractivity (Wildman–Crippen MR) is 121 cm³/mol. The van der Waals surface area contributed by atoms with Crippen LogP contribution in [-0.2, 0) is 6.54 Å². The van der Waals surface area contributed by atoms with Gasteiger partial charge in [-0.05, 0) is 42.0 Å². The Labute approximate surface area is 182 Å². The summed E-state index contributed by atoms with van der Waals surface area (Å²) < 4.78 is 5.69. The Morgan fingerprint density at radius 2 is 1.48 bits per heavy atom. The van der Waals surface area contributed by atoms with Crippen molar-refractivity contribution in [3.05, 3.63) is 132 Å². The zero-order chi connectivity index (χ0) is 21.3. The van der Waals surface area contributed by atoms with Crippen molar-refractivity contribution in [2.75, 3.05) is 0 Å². The van der Waals surface area contributed by atoms with Gasteiger partial charge in [0.1, 0.15) is 11.8 Å². The van der Waals surface area contributed by atoms with Crippen LogP contribution in [-0.4, -0.2) is 10.9 Å². The predicted octanol–water partition coefficient (Wildman–Crippen LogP) is 5.22. The maximum atomic E-state index is 13.0. The van der Waals surface area contributed by atoms with Gasteiger partial charge in [-0.1, -0.05) is 78.6 Å². The number of carbonyl (C=O) groups excluding carboxylic acids is 1. The number of hydrogen-bond donors (Lipinski definition) is 1. The third kappa shape index (κ3) is 5.51. The van der Waals surface area contributed by atoms with Crippen LogP contribution in [0.1, 0.15) is 33.3 Å². The number of hydrazine groups is 1. The Hall–Kier alpha value is -4.07. The second-order valence-corrected chi connectivity index (χ2v) is 6.97. The van der Waals surface area contributed by atoms with Crippen LogP contribution in [0.2, 0.25) is 0 Å². The van der Waals surface area contributed by atoms with Crippen LogP contribution in [0.4, 0.5) is 0 Å². The highest BCUT2D eigenvalue weighted by Gasteiger charge is 2.24. The molecular formula is C27H22N2O2. The monoisotopic (exact) mass is 406 g/mol. The van der Waals surface area contributed by atoms with Crippen LogP contribution < -0.4 is 5.43 Å². The summed E-state index contributed by atoms with van der Waals surface area (Å²) in [5.41, 5.74) is 5.56. The molecule has 4 aromatic rings. The topological polar surface area (TPSA) is 45.5 Å². The van der Waals surface area contributed by atoms with Gasteiger partial charge in [-0.2, -0.15) is 5.01 Å². The van der Waals surface area contributed by atoms with Gasteiger partial charge in [-0.3, -0.25) is 10.2 Å². The molecule has 0 radical (unpaired) electrons. The highest BCUT2D eigenvalue weighted by molar-refractivity contribution is 5.93. The van der Waals surface area contributed by atoms with Gasteiger partial charge >= 0.3 is 0 Å². The van der Waals surface area contributed by atoms with Crippen molar-refractivity contribution >= 4 is 5.91 Å². The first kappa shape index (κ1) is 20.2. The Kier molecular flexibility index (Phi) is 6.59. The molecule has 1 atom stereocenters. The first-order chi connectivity index (χ1) is 15.3. The average Bonchev–Trinajstić information content (AvgIpc) is 3.36. The van der Waals surface area contributed by atoms with Crippen molar-refractivity contribution in [1.29, 1.82) is 0 Å². The van der Waals surface area contributed by atoms with Crippen molar-refractivity contribution < 1.29 is 9.21 Å². The molecule has 0 spiro atoms. The molecule has 4 heteroatoms. The minimum atomic E-state index is -0.469. The molecule has 0 aliphatic carbocycles. The summed E-state index contributed by atoms with van der Waals surface area (Å²) in [4.78, 5) is 13.0. The van der Waals surface area contributed by atoms with E-state index in [1.807, 2.05) is 96.0 Å². The molecule has 1 heterocycles. The number of benzene rings is 3. The van der Waals surface area contributed by atoms with Crippen LogP contribution in [0.25, 0.3) is 0 Å². The molecule has 0 fully saturated rings. The average molecular weight is 406 g/mol. The van der Waals surface area contributed by atoms with E-state index >= 15 is 0 Å². The van der Waals surface area contributed by atoms with Crippen LogP contribution in [0.15, 0.2) is 114 Å². The van der Waals surface area contributed by atoms with Crippen LogP contribution in [0, 0.1) is 11.8 Å². The molecule has 1 N–H and O–H groups in total. The fourth-order valence-corrected chi connectivity index (χ4v) is 3.18. The Balaban J connectivity index is 1.68. The number of amides is 1. The van der Waals surface area contributed by atoms with Gasteiger partial charge in [-0.25, -0.2) is 0 Å². The first-order valence-electron chi connectivity index (χ1n) is 10.1. The van der Waals surface area contributed by atoms with Gasteiger partial charge < -0.3 is 4.42 Å². The molecule has 0 aliphatic rings. The van der Waals surface area contributed by atoms with Crippen molar-refractivity contribution in [2.45, 2.75) is 12.6 Å². The van der Waals surface area contributed by atoms with Gasteiger partial charge in [0.05, 0.1) is 6.26 Å². The van der Waals surface area contributed by atoms with Crippen LogP contribution in [0.5, 0.6) is 0 Å². The lowest BCUT2D eigenvalue weighted by Crippen LogP contribution is -2.43. The Bertz CT molecular complexity index is 1150. The highest BCUT2D eigenvalue weighted by Crippen LogP contribution is 2.22. The van der Waals surface area contributed by atoms with E-state index in [2.05, 4.69) is 17.3 Å². The molecular weight excluding hydrogens is 384 g/mol. The lowest BCUT2D eigenvalue weighted by atomic mass is 10.1. The van der Waals surface area contributed by atoms with Gasteiger partial charge in [0.15, 0.2) is 0 Å². The second-order valence-electron chi connectivity index (χ2n) is 6.97. The first-order valence-corrected chi connectivity index (χ1v) is 10.1. The minimum Gasteiger partial charge on any atom is -0.467 e. The molecule has 1 amide bonds. The number of nitrogens with zero attached hydrogens (tertiary/aromatic N) is 1. The molecule has 0 saturated heterocycles. The maximum Gasteiger partial charge on any atom is 0.265 e. The third-order valence-corrected chi connectivity index (χ3v) is 4.73. The number of nitrogens with one attached hydrogen (secondary N) is 1. The summed E-state index contributed by atoms with van der Waals surface area (Å²) in [7, 11) is 0. The SMILES string of the molecule is O=C(NN(Cc1ccccc1)C(C#Cc1ccccc1)c1ccco1)c1ccccc1. The quantitative estimate of drug-likeness (QED) is 0.353. The zero-order valence-corrected chi connectivity index (χ0v) is 16.9. The molecule has 1 aromatic heterocycles. The molecule has 0 aliphatic heterocycles. The molecule has 4 nitrogen and oxygen atoms in total. The van der Waals surface area contributed by atoms with E-state index < -0.39 is 6.04 Å². The van der Waals surface area contributed by atoms with Gasteiger partial charge in [0.25, 0.3) is 5.91 Å². The second kappa shape index (κ2) is 10.1. The van der Waals surface area contributed by atoms with E-state index in [-0.39, 0.29) is 5.91 Å². The standard InChI is InChI=1S/C27H22N2O2/c30-27(24-15-8-3-9-16-24)28-29(21-23-13-6-2-7-14-23)25(26-17-10-20-31-26)19-18-22-11-4-1-5-12-22/h1-17,20,25H,21H2,(H,28,30). The maximum absolute atomic E-state index is 13.0. The molecule has 0 bridgehead atoms. The summed E-state index contributed by atoms with van der Waals surface area (Å²) in [6, 6.07) is 32.1. The smallest absolute Gasteiger partial charge is 0.265 e. The third-order valence-electron chi connectivity index (χ3n) is 4.73. The molecule has 152 valence electrons. The molecule has 0 saturated carbocycles. The highest BCUT2D eigenvalue weighted by atomic mass is 16.3. The van der Waals surface area contributed by atoms with Crippen LogP contribution in [0.3, 0.4) is 0 Å². The van der Waals surface area contributed by atoms with Crippen molar-refractivity contribution in [3.63, 3.8) is 0 Å². The Morgan fingerprint density at radius 1 is 0.839 bits per heavy atom. The summed E-state index contributed by atoms with van der Waals surface area (Å²) >= 11 is 0. The normalized spacial score (nSPS) is 11.4. The van der Waals surface area contributed by atoms with E-state index in [0.717, 1.165) is 11.1 Å². The van der Waals surface area contributed by atoms with Gasteiger partial charge in [-0.15, -0.1) is 0 Å². The zero-order valence-electron chi connectivity index (χ0n) is 16.9. The van der Waals surface area contributed by atoms with E-state index in [9.17, 15) is 4.79 Å². The summed E-state index contributed by atoms with van der Waals surface area (Å²) in [6.07, 6.45) is 1.62. The van der Waals surface area contributed by atoms with E-state index in [1.54, 1.807) is 18.4 Å². The summed E-state index contributed by atoms with van der Waals surface area (Å²) in [5.74, 6) is 6.95. The fraction of sp³-hybridized carbons (Fsp3) is 0.0741. The van der Waals surface area contributed by atoms with Crippen molar-refractivity contribution in [2.24, 2.45) is 0 Å². The summed E-state index contributed by atoms with van der Waals surface area (Å²) in [6.45, 7) is 0.467. The van der Waals surface area contributed by atoms with E-state index in [1.165, 1.54) is 0 Å². The lowest BCUT2D eigenvalue weighted by Gasteiger charge is -2.27. The van der Waals surface area contributed by atoms with Gasteiger partial charge in [0, 0.05) is 17.7 Å². The number of carbonyl (C=O) groups is 1. The minimum absolute atomic E-state index is 0.199. The molecule has 31 heavy (non-hydrogen) atoms. The molecule has 4 rings (SSSR count). The number of hydrogen-bond acceptors (Lipinski definition) is 3. The largest absolute Gasteiger partial charge is 0.467 e. The number of furan rings is 1. The Morgan fingerprint density at radius 3 is 2.13 bits per heavy atom. The van der Waals surface area contributed by atoms with E-state index in [4.69, 9.17) is 4.42 Å². The van der Waals surface area contributed by atoms with Crippen molar-refractivity contribution in [3.8, 4) is 11.8 Å². The lowest BCUT2D eigenvalue weighted by molar-refractivity contribution is 0.0700. The molecule has 3 aromatic carbocycles. The fourth-order valence-electron chi connectivity index (χ4n) is 3.18. The van der Waals surface area contributed by atoms with Gasteiger partial charge in [0.2, 0.25) is 0 Å². The summed E-state index contributed by atoms with van der Waals surface area (Å²) in [5, 5.41) is 1.82. The molecule has 1 unspecified atom stereocenters. The van der Waals surface area contributed by atoms with Crippen LogP contribution >= 0.6 is 0 Å². The number of rotatable bonds is 6. The van der Waals surface area contributed by atoms with Crippen molar-refractivity contribution in [1.82, 2.24) is 10.4 Å².